The zero-order valence-electron chi connectivity index (χ0n) is 11.8. The largest absolute Gasteiger partial charge is 0.394 e. The van der Waals surface area contributed by atoms with Crippen molar-refractivity contribution in [2.45, 2.75) is 19.0 Å². The summed E-state index contributed by atoms with van der Waals surface area (Å²) in [5.74, 6) is 2.15. The van der Waals surface area contributed by atoms with E-state index in [4.69, 9.17) is 0 Å². The van der Waals surface area contributed by atoms with Crippen LogP contribution in [-0.4, -0.2) is 53.2 Å². The Bertz CT molecular complexity index is 421. The van der Waals surface area contributed by atoms with Gasteiger partial charge in [-0.2, -0.15) is 11.8 Å². The third-order valence-electron chi connectivity index (χ3n) is 3.67. The van der Waals surface area contributed by atoms with Gasteiger partial charge in [-0.25, -0.2) is 0 Å². The van der Waals surface area contributed by atoms with Crippen molar-refractivity contribution in [3.8, 4) is 0 Å². The first kappa shape index (κ1) is 15.4. The number of nitrogens with zero attached hydrogens (tertiary/aromatic N) is 1. The Labute approximate surface area is 124 Å². The van der Waals surface area contributed by atoms with E-state index in [-0.39, 0.29) is 24.6 Å². The van der Waals surface area contributed by atoms with Crippen LogP contribution in [0.3, 0.4) is 0 Å². The summed E-state index contributed by atoms with van der Waals surface area (Å²) in [5, 5.41) is 12.4. The van der Waals surface area contributed by atoms with Crippen molar-refractivity contribution in [2.24, 2.45) is 0 Å². The lowest BCUT2D eigenvalue weighted by Gasteiger charge is -2.32. The SMILES string of the molecule is C[C@@H](C(=O)N[C@H](CO)c1ccccc1)N1CCSCC1. The minimum atomic E-state index is -0.328. The van der Waals surface area contributed by atoms with E-state index in [9.17, 15) is 9.90 Å². The van der Waals surface area contributed by atoms with E-state index in [0.29, 0.717) is 0 Å². The Kier molecular flexibility index (Phi) is 5.88. The fourth-order valence-corrected chi connectivity index (χ4v) is 3.27. The van der Waals surface area contributed by atoms with Crippen LogP contribution in [0.25, 0.3) is 0 Å². The zero-order valence-corrected chi connectivity index (χ0v) is 12.6. The lowest BCUT2D eigenvalue weighted by Crippen LogP contribution is -2.49. The number of carbonyl (C=O) groups is 1. The number of aliphatic hydroxyl groups excluding tert-OH is 1. The maximum absolute atomic E-state index is 12.3. The molecule has 2 rings (SSSR count). The summed E-state index contributed by atoms with van der Waals surface area (Å²) in [7, 11) is 0. The molecule has 2 atom stereocenters. The number of carbonyl (C=O) groups excluding carboxylic acids is 1. The van der Waals surface area contributed by atoms with Gasteiger partial charge in [0.15, 0.2) is 0 Å². The number of thioether (sulfide) groups is 1. The number of aliphatic hydroxyl groups is 1. The first-order valence-electron chi connectivity index (χ1n) is 7.00. The van der Waals surface area contributed by atoms with Crippen LogP contribution in [0.1, 0.15) is 18.5 Å². The summed E-state index contributed by atoms with van der Waals surface area (Å²) in [4.78, 5) is 14.5. The van der Waals surface area contributed by atoms with Gasteiger partial charge < -0.3 is 10.4 Å². The standard InChI is InChI=1S/C15H22N2O2S/c1-12(17-7-9-20-10-8-17)15(19)16-14(11-18)13-5-3-2-4-6-13/h2-6,12,14,18H,7-11H2,1H3,(H,16,19)/t12-,14+/m0/s1. The fraction of sp³-hybridized carbons (Fsp3) is 0.533. The van der Waals surface area contributed by atoms with Gasteiger partial charge in [0.1, 0.15) is 0 Å². The molecule has 0 aromatic heterocycles. The average Bonchev–Trinajstić information content (AvgIpc) is 2.53. The van der Waals surface area contributed by atoms with Crippen molar-refractivity contribution in [1.82, 2.24) is 10.2 Å². The van der Waals surface area contributed by atoms with E-state index in [0.717, 1.165) is 30.2 Å². The third-order valence-corrected chi connectivity index (χ3v) is 4.62. The first-order valence-corrected chi connectivity index (χ1v) is 8.16. The van der Waals surface area contributed by atoms with Gasteiger partial charge in [-0.1, -0.05) is 30.3 Å². The highest BCUT2D eigenvalue weighted by molar-refractivity contribution is 7.99. The number of hydrogen-bond acceptors (Lipinski definition) is 4. The van der Waals surface area contributed by atoms with Crippen LogP contribution in [0.2, 0.25) is 0 Å². The van der Waals surface area contributed by atoms with Gasteiger partial charge in [-0.05, 0) is 12.5 Å². The predicted octanol–water partition coefficient (Wildman–Crippen LogP) is 1.27. The van der Waals surface area contributed by atoms with Crippen molar-refractivity contribution < 1.29 is 9.90 Å². The Morgan fingerprint density at radius 1 is 1.35 bits per heavy atom. The van der Waals surface area contributed by atoms with E-state index < -0.39 is 0 Å². The minimum Gasteiger partial charge on any atom is -0.394 e. The highest BCUT2D eigenvalue weighted by atomic mass is 32.2. The molecule has 5 heteroatoms. The molecule has 110 valence electrons. The van der Waals surface area contributed by atoms with Crippen molar-refractivity contribution in [1.29, 1.82) is 0 Å². The Hall–Kier alpha value is -1.04. The van der Waals surface area contributed by atoms with Crippen LogP contribution in [0.15, 0.2) is 30.3 Å². The van der Waals surface area contributed by atoms with Gasteiger partial charge in [-0.3, -0.25) is 9.69 Å². The second-order valence-electron chi connectivity index (χ2n) is 4.98. The van der Waals surface area contributed by atoms with Crippen LogP contribution >= 0.6 is 11.8 Å². The molecule has 20 heavy (non-hydrogen) atoms. The second kappa shape index (κ2) is 7.67. The summed E-state index contributed by atoms with van der Waals surface area (Å²) < 4.78 is 0. The normalized spacial score (nSPS) is 19.3. The third kappa shape index (κ3) is 3.98. The summed E-state index contributed by atoms with van der Waals surface area (Å²) >= 11 is 1.93. The van der Waals surface area contributed by atoms with Crippen molar-refractivity contribution in [2.75, 3.05) is 31.2 Å². The lowest BCUT2D eigenvalue weighted by molar-refractivity contribution is -0.126. The molecule has 1 amide bonds. The van der Waals surface area contributed by atoms with E-state index in [1.165, 1.54) is 0 Å². The topological polar surface area (TPSA) is 52.6 Å². The molecule has 1 saturated heterocycles. The minimum absolute atomic E-state index is 0.0141. The summed E-state index contributed by atoms with van der Waals surface area (Å²) in [6.45, 7) is 3.76. The van der Waals surface area contributed by atoms with Crippen LogP contribution in [0.5, 0.6) is 0 Å². The summed E-state index contributed by atoms with van der Waals surface area (Å²) in [6.07, 6.45) is 0. The predicted molar refractivity (Wildman–Crippen MR) is 82.8 cm³/mol. The van der Waals surface area contributed by atoms with E-state index in [2.05, 4.69) is 10.2 Å². The molecule has 1 aliphatic heterocycles. The molecule has 1 fully saturated rings. The fourth-order valence-electron chi connectivity index (χ4n) is 2.34. The van der Waals surface area contributed by atoms with Gasteiger partial charge in [0.25, 0.3) is 0 Å². The van der Waals surface area contributed by atoms with E-state index in [1.807, 2.05) is 49.0 Å². The van der Waals surface area contributed by atoms with Crippen LogP contribution in [0.4, 0.5) is 0 Å². The van der Waals surface area contributed by atoms with Gasteiger partial charge in [0, 0.05) is 24.6 Å². The lowest BCUT2D eigenvalue weighted by atomic mass is 10.1. The van der Waals surface area contributed by atoms with Crippen molar-refractivity contribution in [3.63, 3.8) is 0 Å². The zero-order chi connectivity index (χ0) is 14.4. The monoisotopic (exact) mass is 294 g/mol. The number of benzene rings is 1. The second-order valence-corrected chi connectivity index (χ2v) is 6.20. The smallest absolute Gasteiger partial charge is 0.237 e. The quantitative estimate of drug-likeness (QED) is 0.859. The van der Waals surface area contributed by atoms with Gasteiger partial charge in [-0.15, -0.1) is 0 Å². The number of nitrogens with one attached hydrogen (secondary N) is 1. The number of hydrogen-bond donors (Lipinski definition) is 2. The molecule has 1 aromatic carbocycles. The summed E-state index contributed by atoms with van der Waals surface area (Å²) in [5.41, 5.74) is 0.935. The van der Waals surface area contributed by atoms with Gasteiger partial charge in [0.2, 0.25) is 5.91 Å². The van der Waals surface area contributed by atoms with E-state index in [1.54, 1.807) is 0 Å². The Morgan fingerprint density at radius 3 is 2.60 bits per heavy atom. The average molecular weight is 294 g/mol. The molecule has 1 aromatic rings. The maximum atomic E-state index is 12.3. The molecule has 1 aliphatic rings. The molecule has 2 N–H and O–H groups in total. The number of rotatable bonds is 5. The molecule has 0 saturated carbocycles. The van der Waals surface area contributed by atoms with Crippen molar-refractivity contribution >= 4 is 17.7 Å². The summed E-state index contributed by atoms with van der Waals surface area (Å²) in [6, 6.07) is 9.12. The Morgan fingerprint density at radius 2 is 2.00 bits per heavy atom. The molecule has 0 unspecified atom stereocenters. The molecule has 0 spiro atoms. The molecular weight excluding hydrogens is 272 g/mol. The first-order chi connectivity index (χ1) is 9.72. The molecular formula is C15H22N2O2S. The van der Waals surface area contributed by atoms with Crippen LogP contribution < -0.4 is 5.32 Å². The number of amides is 1. The highest BCUT2D eigenvalue weighted by Gasteiger charge is 2.24. The molecule has 1 heterocycles. The van der Waals surface area contributed by atoms with Crippen molar-refractivity contribution in [3.05, 3.63) is 35.9 Å². The highest BCUT2D eigenvalue weighted by Crippen LogP contribution is 2.15. The molecule has 0 radical (unpaired) electrons. The maximum Gasteiger partial charge on any atom is 0.237 e. The van der Waals surface area contributed by atoms with E-state index >= 15 is 0 Å². The van der Waals surface area contributed by atoms with Gasteiger partial charge >= 0.3 is 0 Å². The van der Waals surface area contributed by atoms with Crippen LogP contribution in [-0.2, 0) is 4.79 Å². The van der Waals surface area contributed by atoms with Gasteiger partial charge in [0.05, 0.1) is 18.7 Å². The molecule has 0 bridgehead atoms. The molecule has 0 aliphatic carbocycles. The Balaban J connectivity index is 1.94. The molecule has 4 nitrogen and oxygen atoms in total. The van der Waals surface area contributed by atoms with Crippen LogP contribution in [0, 0.1) is 0 Å².